The zero-order valence-corrected chi connectivity index (χ0v) is 36.0. The van der Waals surface area contributed by atoms with Crippen molar-refractivity contribution in [1.82, 2.24) is 9.97 Å². The molecule has 0 unspecified atom stereocenters. The Balaban J connectivity index is 1.06. The summed E-state index contributed by atoms with van der Waals surface area (Å²) in [6.45, 7) is 0. The van der Waals surface area contributed by atoms with E-state index in [-0.39, 0.29) is 0 Å². The van der Waals surface area contributed by atoms with Gasteiger partial charge in [0.25, 0.3) is 0 Å². The summed E-state index contributed by atoms with van der Waals surface area (Å²) in [5, 5.41) is 13.4. The molecule has 0 radical (unpaired) electrons. The molecule has 0 saturated carbocycles. The van der Waals surface area contributed by atoms with E-state index >= 15 is 0 Å². The first-order valence-corrected chi connectivity index (χ1v) is 22.6. The van der Waals surface area contributed by atoms with Gasteiger partial charge < -0.3 is 0 Å². The second-order valence-corrected chi connectivity index (χ2v) is 17.2. The smallest absolute Gasteiger partial charge is 0.0794 e. The van der Waals surface area contributed by atoms with E-state index < -0.39 is 0 Å². The van der Waals surface area contributed by atoms with Crippen molar-refractivity contribution in [3.63, 3.8) is 0 Å². The van der Waals surface area contributed by atoms with Gasteiger partial charge in [0.05, 0.1) is 22.6 Å². The quantitative estimate of drug-likeness (QED) is 0.156. The molecule has 0 amide bonds. The SMILES string of the molecule is c1ccc(-c2cc(-c3ccc(-c4cc(-c5cc6ccccc6c6ccccc56)c5cc(-c6cc7ccccc7c7ccccc67)c6ccccc6c5n4)cc3)cc(-c3ccccc3)n2)cc1. The second-order valence-electron chi connectivity index (χ2n) is 17.2. The number of hydrogen-bond donors (Lipinski definition) is 0. The van der Waals surface area contributed by atoms with E-state index in [0.29, 0.717) is 0 Å². The first-order valence-electron chi connectivity index (χ1n) is 22.6. The molecule has 0 aliphatic rings. The van der Waals surface area contributed by atoms with E-state index in [4.69, 9.17) is 9.97 Å². The predicted molar refractivity (Wildman–Crippen MR) is 280 cm³/mol. The van der Waals surface area contributed by atoms with Gasteiger partial charge in [-0.15, -0.1) is 0 Å². The standard InChI is InChI=1S/C64H40N2/c1-3-17-42(18-4-1)61-37-47(38-62(65-61)43-19-5-2-6-20-43)41-31-33-44(34-32-41)63-40-59(57-36-46-22-8-10-24-49(46)51-26-12-14-28-53(51)57)60-39-58(54-29-15-16-30-55(54)64(60)66-63)56-35-45-21-7-9-23-48(45)50-25-11-13-27-52(50)56/h1-40H. The van der Waals surface area contributed by atoms with E-state index in [0.717, 1.165) is 66.8 Å². The van der Waals surface area contributed by atoms with Gasteiger partial charge in [0.2, 0.25) is 0 Å². The molecule has 2 heterocycles. The maximum absolute atomic E-state index is 5.65. The third-order valence-corrected chi connectivity index (χ3v) is 13.4. The van der Waals surface area contributed by atoms with E-state index in [1.54, 1.807) is 0 Å². The summed E-state index contributed by atoms with van der Waals surface area (Å²) in [5.41, 5.74) is 14.1. The summed E-state index contributed by atoms with van der Waals surface area (Å²) in [4.78, 5) is 10.8. The van der Waals surface area contributed by atoms with Crippen LogP contribution >= 0.6 is 0 Å². The molecular formula is C64H40N2. The Kier molecular flexibility index (Phi) is 8.89. The van der Waals surface area contributed by atoms with Crippen molar-refractivity contribution in [3.8, 4) is 67.2 Å². The van der Waals surface area contributed by atoms with Gasteiger partial charge in [0.15, 0.2) is 0 Å². The van der Waals surface area contributed by atoms with Gasteiger partial charge in [-0.05, 0) is 118 Å². The van der Waals surface area contributed by atoms with Crippen molar-refractivity contribution < 1.29 is 0 Å². The highest BCUT2D eigenvalue weighted by Crippen LogP contribution is 2.46. The highest BCUT2D eigenvalue weighted by molar-refractivity contribution is 6.23. The molecule has 0 aliphatic heterocycles. The summed E-state index contributed by atoms with van der Waals surface area (Å²) in [5.74, 6) is 0. The van der Waals surface area contributed by atoms with E-state index in [2.05, 4.69) is 231 Å². The van der Waals surface area contributed by atoms with Crippen LogP contribution in [0.15, 0.2) is 243 Å². The van der Waals surface area contributed by atoms with Gasteiger partial charge in [-0.3, -0.25) is 0 Å². The lowest BCUT2D eigenvalue weighted by Crippen LogP contribution is -1.95. The van der Waals surface area contributed by atoms with Gasteiger partial charge >= 0.3 is 0 Å². The molecule has 306 valence electrons. The molecule has 2 heteroatoms. The summed E-state index contributed by atoms with van der Waals surface area (Å²) in [6, 6.07) is 87.8. The van der Waals surface area contributed by atoms with Crippen molar-refractivity contribution >= 4 is 64.8 Å². The van der Waals surface area contributed by atoms with Crippen molar-refractivity contribution in [3.05, 3.63) is 243 Å². The highest BCUT2D eigenvalue weighted by Gasteiger charge is 2.20. The topological polar surface area (TPSA) is 25.8 Å². The minimum atomic E-state index is 0.931. The van der Waals surface area contributed by atoms with Crippen LogP contribution in [0.25, 0.3) is 132 Å². The lowest BCUT2D eigenvalue weighted by atomic mass is 9.86. The van der Waals surface area contributed by atoms with Gasteiger partial charge in [-0.25, -0.2) is 9.97 Å². The molecule has 0 bridgehead atoms. The van der Waals surface area contributed by atoms with Gasteiger partial charge in [0, 0.05) is 27.5 Å². The summed E-state index contributed by atoms with van der Waals surface area (Å²) in [7, 11) is 0. The molecule has 13 rings (SSSR count). The molecule has 0 fully saturated rings. The molecule has 66 heavy (non-hydrogen) atoms. The van der Waals surface area contributed by atoms with Crippen LogP contribution in [0, 0.1) is 0 Å². The fraction of sp³-hybridized carbons (Fsp3) is 0. The Bertz CT molecular complexity index is 3970. The molecule has 2 nitrogen and oxygen atoms in total. The minimum absolute atomic E-state index is 0.931. The van der Waals surface area contributed by atoms with Gasteiger partial charge in [-0.1, -0.05) is 206 Å². The van der Waals surface area contributed by atoms with Crippen molar-refractivity contribution in [2.24, 2.45) is 0 Å². The molecule has 2 aromatic heterocycles. The van der Waals surface area contributed by atoms with Crippen LogP contribution < -0.4 is 0 Å². The predicted octanol–water partition coefficient (Wildman–Crippen LogP) is 17.4. The summed E-state index contributed by atoms with van der Waals surface area (Å²) >= 11 is 0. The monoisotopic (exact) mass is 836 g/mol. The van der Waals surface area contributed by atoms with Crippen LogP contribution in [-0.4, -0.2) is 9.97 Å². The van der Waals surface area contributed by atoms with Crippen LogP contribution in [0.2, 0.25) is 0 Å². The molecule has 0 aliphatic carbocycles. The average molecular weight is 837 g/mol. The summed E-state index contributed by atoms with van der Waals surface area (Å²) < 4.78 is 0. The second kappa shape index (κ2) is 15.5. The normalized spacial score (nSPS) is 11.6. The van der Waals surface area contributed by atoms with Gasteiger partial charge in [0.1, 0.15) is 0 Å². The largest absolute Gasteiger partial charge is 0.248 e. The lowest BCUT2D eigenvalue weighted by Gasteiger charge is -2.19. The Labute approximate surface area is 382 Å². The number of aromatic nitrogens is 2. The fourth-order valence-corrected chi connectivity index (χ4v) is 10.2. The van der Waals surface area contributed by atoms with Crippen LogP contribution in [0.4, 0.5) is 0 Å². The number of benzene rings is 11. The molecule has 13 aromatic rings. The zero-order valence-electron chi connectivity index (χ0n) is 36.0. The third kappa shape index (κ3) is 6.34. The Morgan fingerprint density at radius 3 is 1.09 bits per heavy atom. The maximum Gasteiger partial charge on any atom is 0.0794 e. The first kappa shape index (κ1) is 37.8. The van der Waals surface area contributed by atoms with Crippen molar-refractivity contribution in [1.29, 1.82) is 0 Å². The van der Waals surface area contributed by atoms with E-state index in [1.165, 1.54) is 65.2 Å². The molecule has 11 aromatic carbocycles. The van der Waals surface area contributed by atoms with E-state index in [9.17, 15) is 0 Å². The summed E-state index contributed by atoms with van der Waals surface area (Å²) in [6.07, 6.45) is 0. The Morgan fingerprint density at radius 2 is 0.561 bits per heavy atom. The maximum atomic E-state index is 5.65. The average Bonchev–Trinajstić information content (AvgIpc) is 3.40. The number of fused-ring (bicyclic) bond motifs is 9. The molecule has 0 spiro atoms. The fourth-order valence-electron chi connectivity index (χ4n) is 10.2. The number of pyridine rings is 2. The molecule has 0 atom stereocenters. The van der Waals surface area contributed by atoms with E-state index in [1.807, 2.05) is 12.1 Å². The van der Waals surface area contributed by atoms with Crippen LogP contribution in [-0.2, 0) is 0 Å². The van der Waals surface area contributed by atoms with Gasteiger partial charge in [-0.2, -0.15) is 0 Å². The third-order valence-electron chi connectivity index (χ3n) is 13.4. The highest BCUT2D eigenvalue weighted by atomic mass is 14.7. The Hall–Kier alpha value is -8.72. The zero-order chi connectivity index (χ0) is 43.6. The molecular weight excluding hydrogens is 797 g/mol. The minimum Gasteiger partial charge on any atom is -0.248 e. The number of hydrogen-bond acceptors (Lipinski definition) is 2. The van der Waals surface area contributed by atoms with Crippen molar-refractivity contribution in [2.45, 2.75) is 0 Å². The number of nitrogens with zero attached hydrogens (tertiary/aromatic N) is 2. The molecule has 0 saturated heterocycles. The van der Waals surface area contributed by atoms with Crippen LogP contribution in [0.3, 0.4) is 0 Å². The van der Waals surface area contributed by atoms with Crippen molar-refractivity contribution in [2.75, 3.05) is 0 Å². The van der Waals surface area contributed by atoms with Crippen LogP contribution in [0.5, 0.6) is 0 Å². The first-order chi connectivity index (χ1) is 32.7. The number of rotatable bonds is 6. The lowest BCUT2D eigenvalue weighted by molar-refractivity contribution is 1.32. The molecule has 0 N–H and O–H groups in total. The Morgan fingerprint density at radius 1 is 0.197 bits per heavy atom. The van der Waals surface area contributed by atoms with Crippen LogP contribution in [0.1, 0.15) is 0 Å².